The Balaban J connectivity index is 2.01. The Bertz CT molecular complexity index is 518. The van der Waals surface area contributed by atoms with Crippen LogP contribution in [0.2, 0.25) is 0 Å². The second-order valence-electron chi connectivity index (χ2n) is 6.05. The first-order chi connectivity index (χ1) is 11.2. The summed E-state index contributed by atoms with van der Waals surface area (Å²) < 4.78 is 0. The predicted octanol–water partition coefficient (Wildman–Crippen LogP) is 1.85. The number of nitrogens with one attached hydrogen (secondary N) is 2. The molecule has 1 aliphatic rings. The summed E-state index contributed by atoms with van der Waals surface area (Å²) in [6.45, 7) is 3.49. The number of carbonyl (C=O) groups is 2. The molecule has 1 aliphatic heterocycles. The molecule has 0 aliphatic carbocycles. The van der Waals surface area contributed by atoms with Crippen LogP contribution in [0, 0.1) is 0 Å². The minimum absolute atomic E-state index is 0.0946. The number of rotatable bonds is 6. The molecule has 1 aromatic carbocycles. The summed E-state index contributed by atoms with van der Waals surface area (Å²) in [7, 11) is 1.59. The normalized spacial score (nSPS) is 19.8. The Morgan fingerprint density at radius 2 is 2.00 bits per heavy atom. The number of hydrogen-bond donors (Lipinski definition) is 2. The van der Waals surface area contributed by atoms with Crippen LogP contribution in [-0.4, -0.2) is 42.9 Å². The van der Waals surface area contributed by atoms with E-state index in [1.807, 2.05) is 30.3 Å². The molecule has 2 rings (SSSR count). The van der Waals surface area contributed by atoms with Crippen LogP contribution in [0.15, 0.2) is 30.3 Å². The fourth-order valence-electron chi connectivity index (χ4n) is 3.21. The highest BCUT2D eigenvalue weighted by Crippen LogP contribution is 2.19. The smallest absolute Gasteiger partial charge is 0.246 e. The van der Waals surface area contributed by atoms with E-state index in [1.54, 1.807) is 7.05 Å². The minimum Gasteiger partial charge on any atom is -0.357 e. The molecule has 0 radical (unpaired) electrons. The van der Waals surface area contributed by atoms with Gasteiger partial charge in [-0.3, -0.25) is 14.5 Å². The lowest BCUT2D eigenvalue weighted by Gasteiger charge is -2.34. The zero-order chi connectivity index (χ0) is 16.7. The molecule has 1 heterocycles. The molecule has 0 saturated carbocycles. The molecule has 1 saturated heterocycles. The molecule has 23 heavy (non-hydrogen) atoms. The van der Waals surface area contributed by atoms with E-state index in [1.165, 1.54) is 6.42 Å². The van der Waals surface area contributed by atoms with Gasteiger partial charge >= 0.3 is 0 Å². The second kappa shape index (κ2) is 8.67. The molecule has 0 bridgehead atoms. The second-order valence-corrected chi connectivity index (χ2v) is 6.05. The van der Waals surface area contributed by atoms with E-state index in [0.717, 1.165) is 31.4 Å². The summed E-state index contributed by atoms with van der Waals surface area (Å²) in [4.78, 5) is 26.8. The van der Waals surface area contributed by atoms with E-state index in [4.69, 9.17) is 0 Å². The summed E-state index contributed by atoms with van der Waals surface area (Å²) in [5.74, 6) is -0.293. The van der Waals surface area contributed by atoms with E-state index in [0.29, 0.717) is 12.6 Å². The molecular formula is C18H27N3O2. The number of likely N-dealkylation sites (tertiary alicyclic amines) is 1. The molecule has 0 spiro atoms. The van der Waals surface area contributed by atoms with Gasteiger partial charge in [-0.2, -0.15) is 0 Å². The Labute approximate surface area is 138 Å². The van der Waals surface area contributed by atoms with Gasteiger partial charge in [-0.1, -0.05) is 43.7 Å². The van der Waals surface area contributed by atoms with Crippen molar-refractivity contribution in [3.8, 4) is 0 Å². The standard InChI is InChI=1S/C18H27N3O2/c1-3-15-11-7-8-12-21(15)13-16(22)20-17(18(23)19-2)14-9-5-4-6-10-14/h4-6,9-10,15,17H,3,7-8,11-13H2,1-2H3,(H,19,23)(H,20,22). The van der Waals surface area contributed by atoms with E-state index in [9.17, 15) is 9.59 Å². The number of piperidine rings is 1. The van der Waals surface area contributed by atoms with Crippen LogP contribution in [0.25, 0.3) is 0 Å². The Morgan fingerprint density at radius 3 is 2.65 bits per heavy atom. The highest BCUT2D eigenvalue weighted by molar-refractivity contribution is 5.89. The van der Waals surface area contributed by atoms with Gasteiger partial charge in [0.1, 0.15) is 6.04 Å². The van der Waals surface area contributed by atoms with Gasteiger partial charge in [-0.25, -0.2) is 0 Å². The third-order valence-corrected chi connectivity index (χ3v) is 4.51. The van der Waals surface area contributed by atoms with E-state index in [2.05, 4.69) is 22.5 Å². The van der Waals surface area contributed by atoms with Gasteiger partial charge in [0.05, 0.1) is 6.54 Å². The Kier molecular flexibility index (Phi) is 6.59. The summed E-state index contributed by atoms with van der Waals surface area (Å²) in [6, 6.07) is 9.19. The molecule has 0 aromatic heterocycles. The van der Waals surface area contributed by atoms with Crippen molar-refractivity contribution in [2.24, 2.45) is 0 Å². The average Bonchev–Trinajstić information content (AvgIpc) is 2.60. The largest absolute Gasteiger partial charge is 0.357 e. The van der Waals surface area contributed by atoms with Crippen LogP contribution in [0.3, 0.4) is 0 Å². The molecule has 1 fully saturated rings. The van der Waals surface area contributed by atoms with Crippen molar-refractivity contribution in [3.63, 3.8) is 0 Å². The maximum atomic E-state index is 12.4. The van der Waals surface area contributed by atoms with Gasteiger partial charge in [0.25, 0.3) is 0 Å². The molecule has 1 aromatic rings. The Morgan fingerprint density at radius 1 is 1.26 bits per heavy atom. The molecule has 2 amide bonds. The average molecular weight is 317 g/mol. The summed E-state index contributed by atoms with van der Waals surface area (Å²) in [5, 5.41) is 5.51. The number of carbonyl (C=O) groups excluding carboxylic acids is 2. The maximum Gasteiger partial charge on any atom is 0.246 e. The van der Waals surface area contributed by atoms with Gasteiger partial charge in [-0.15, -0.1) is 0 Å². The third-order valence-electron chi connectivity index (χ3n) is 4.51. The predicted molar refractivity (Wildman–Crippen MR) is 90.9 cm³/mol. The van der Waals surface area contributed by atoms with Crippen molar-refractivity contribution in [1.82, 2.24) is 15.5 Å². The third kappa shape index (κ3) is 4.79. The highest BCUT2D eigenvalue weighted by Gasteiger charge is 2.26. The van der Waals surface area contributed by atoms with E-state index >= 15 is 0 Å². The van der Waals surface area contributed by atoms with Crippen molar-refractivity contribution < 1.29 is 9.59 Å². The number of nitrogens with zero attached hydrogens (tertiary/aromatic N) is 1. The van der Waals surface area contributed by atoms with Gasteiger partial charge in [0.15, 0.2) is 0 Å². The van der Waals surface area contributed by atoms with Crippen LogP contribution in [0.5, 0.6) is 0 Å². The summed E-state index contributed by atoms with van der Waals surface area (Å²) >= 11 is 0. The highest BCUT2D eigenvalue weighted by atomic mass is 16.2. The SMILES string of the molecule is CCC1CCCCN1CC(=O)NC(C(=O)NC)c1ccccc1. The lowest BCUT2D eigenvalue weighted by molar-refractivity contribution is -0.130. The van der Waals surface area contributed by atoms with Crippen LogP contribution >= 0.6 is 0 Å². The number of benzene rings is 1. The van der Waals surface area contributed by atoms with Crippen molar-refractivity contribution >= 4 is 11.8 Å². The molecule has 126 valence electrons. The van der Waals surface area contributed by atoms with Crippen LogP contribution in [0.1, 0.15) is 44.2 Å². The first kappa shape index (κ1) is 17.5. The fourth-order valence-corrected chi connectivity index (χ4v) is 3.21. The van der Waals surface area contributed by atoms with Crippen molar-refractivity contribution in [2.75, 3.05) is 20.1 Å². The van der Waals surface area contributed by atoms with Crippen LogP contribution < -0.4 is 10.6 Å². The molecule has 5 heteroatoms. The molecule has 2 atom stereocenters. The summed E-state index contributed by atoms with van der Waals surface area (Å²) in [5.41, 5.74) is 0.797. The van der Waals surface area contributed by atoms with Crippen molar-refractivity contribution in [2.45, 2.75) is 44.7 Å². The molecule has 2 N–H and O–H groups in total. The van der Waals surface area contributed by atoms with Gasteiger partial charge in [0.2, 0.25) is 11.8 Å². The molecule has 2 unspecified atom stereocenters. The van der Waals surface area contributed by atoms with Crippen molar-refractivity contribution in [3.05, 3.63) is 35.9 Å². The number of hydrogen-bond acceptors (Lipinski definition) is 3. The summed E-state index contributed by atoms with van der Waals surface area (Å²) in [6.07, 6.45) is 4.59. The Hall–Kier alpha value is -1.88. The van der Waals surface area contributed by atoms with Gasteiger partial charge in [0, 0.05) is 13.1 Å². The lowest BCUT2D eigenvalue weighted by Crippen LogP contribution is -2.47. The van der Waals surface area contributed by atoms with E-state index < -0.39 is 6.04 Å². The van der Waals surface area contributed by atoms with Crippen LogP contribution in [-0.2, 0) is 9.59 Å². The number of likely N-dealkylation sites (N-methyl/N-ethyl adjacent to an activating group) is 1. The number of amides is 2. The van der Waals surface area contributed by atoms with Gasteiger partial charge in [-0.05, 0) is 31.4 Å². The lowest BCUT2D eigenvalue weighted by atomic mass is 10.00. The monoisotopic (exact) mass is 317 g/mol. The minimum atomic E-state index is -0.640. The topological polar surface area (TPSA) is 61.4 Å². The molecule has 5 nitrogen and oxygen atoms in total. The zero-order valence-electron chi connectivity index (χ0n) is 14.0. The van der Waals surface area contributed by atoms with Crippen molar-refractivity contribution in [1.29, 1.82) is 0 Å². The quantitative estimate of drug-likeness (QED) is 0.842. The van der Waals surface area contributed by atoms with Gasteiger partial charge < -0.3 is 10.6 Å². The fraction of sp³-hybridized carbons (Fsp3) is 0.556. The van der Waals surface area contributed by atoms with Crippen LogP contribution in [0.4, 0.5) is 0 Å². The first-order valence-corrected chi connectivity index (χ1v) is 8.45. The zero-order valence-corrected chi connectivity index (χ0v) is 14.0. The van der Waals surface area contributed by atoms with E-state index in [-0.39, 0.29) is 11.8 Å². The molecular weight excluding hydrogens is 290 g/mol. The maximum absolute atomic E-state index is 12.4. The first-order valence-electron chi connectivity index (χ1n) is 8.45.